The number of nitrogens with zero attached hydrogens (tertiary/aromatic N) is 1. The summed E-state index contributed by atoms with van der Waals surface area (Å²) in [6.07, 6.45) is 1.72. The molecule has 160 valence electrons. The molecule has 1 heterocycles. The van der Waals surface area contributed by atoms with Crippen LogP contribution in [-0.4, -0.2) is 37.0 Å². The number of benzene rings is 2. The quantitative estimate of drug-likeness (QED) is 0.497. The Labute approximate surface area is 181 Å². The van der Waals surface area contributed by atoms with Crippen LogP contribution in [0.5, 0.6) is 5.75 Å². The van der Waals surface area contributed by atoms with E-state index in [2.05, 4.69) is 20.9 Å². The van der Waals surface area contributed by atoms with Gasteiger partial charge in [-0.15, -0.1) is 0 Å². The average Bonchev–Trinajstić information content (AvgIpc) is 2.79. The SMILES string of the molecule is COc1ccc(C)cc1NC(=O)CNC(=O)CNC(c1ccccc1)c1ccccn1. The molecule has 0 aliphatic heterocycles. The predicted octanol–water partition coefficient (Wildman–Crippen LogP) is 2.83. The van der Waals surface area contributed by atoms with Gasteiger partial charge in [-0.1, -0.05) is 42.5 Å². The van der Waals surface area contributed by atoms with Crippen LogP contribution in [0, 0.1) is 6.92 Å². The molecule has 2 amide bonds. The van der Waals surface area contributed by atoms with Gasteiger partial charge in [-0.25, -0.2) is 0 Å². The van der Waals surface area contributed by atoms with E-state index in [4.69, 9.17) is 4.74 Å². The van der Waals surface area contributed by atoms with Crippen molar-refractivity contribution in [1.29, 1.82) is 0 Å². The number of carbonyl (C=O) groups excluding carboxylic acids is 2. The zero-order valence-electron chi connectivity index (χ0n) is 17.6. The number of anilines is 1. The number of nitrogens with one attached hydrogen (secondary N) is 3. The van der Waals surface area contributed by atoms with Crippen molar-refractivity contribution >= 4 is 17.5 Å². The summed E-state index contributed by atoms with van der Waals surface area (Å²) in [7, 11) is 1.54. The van der Waals surface area contributed by atoms with Gasteiger partial charge in [0, 0.05) is 6.20 Å². The molecule has 0 fully saturated rings. The molecule has 3 aromatic rings. The number of methoxy groups -OCH3 is 1. The minimum Gasteiger partial charge on any atom is -0.495 e. The molecule has 0 aliphatic carbocycles. The first kappa shape index (κ1) is 22.0. The highest BCUT2D eigenvalue weighted by Gasteiger charge is 2.16. The summed E-state index contributed by atoms with van der Waals surface area (Å²) in [6, 6.07) is 20.7. The second kappa shape index (κ2) is 10.9. The third-order valence-corrected chi connectivity index (χ3v) is 4.66. The normalized spacial score (nSPS) is 11.4. The molecule has 0 saturated heterocycles. The number of ether oxygens (including phenoxy) is 1. The first-order chi connectivity index (χ1) is 15.1. The van der Waals surface area contributed by atoms with E-state index >= 15 is 0 Å². The van der Waals surface area contributed by atoms with Gasteiger partial charge < -0.3 is 15.4 Å². The number of aromatic nitrogens is 1. The third-order valence-electron chi connectivity index (χ3n) is 4.66. The molecule has 0 saturated carbocycles. The summed E-state index contributed by atoms with van der Waals surface area (Å²) in [5.41, 5.74) is 3.37. The van der Waals surface area contributed by atoms with Crippen LogP contribution >= 0.6 is 0 Å². The number of hydrogen-bond acceptors (Lipinski definition) is 5. The number of hydrogen-bond donors (Lipinski definition) is 3. The molecule has 1 aromatic heterocycles. The van der Waals surface area contributed by atoms with Crippen molar-refractivity contribution in [3.05, 3.63) is 89.7 Å². The highest BCUT2D eigenvalue weighted by molar-refractivity contribution is 5.96. The van der Waals surface area contributed by atoms with Gasteiger partial charge in [0.2, 0.25) is 11.8 Å². The third kappa shape index (κ3) is 6.38. The molecule has 31 heavy (non-hydrogen) atoms. The Morgan fingerprint density at radius 1 is 0.968 bits per heavy atom. The monoisotopic (exact) mass is 418 g/mol. The Balaban J connectivity index is 1.55. The molecule has 1 unspecified atom stereocenters. The molecule has 1 atom stereocenters. The van der Waals surface area contributed by atoms with Crippen molar-refractivity contribution in [2.45, 2.75) is 13.0 Å². The lowest BCUT2D eigenvalue weighted by Crippen LogP contribution is -2.39. The minimum absolute atomic E-state index is 0.0389. The molecule has 7 heteroatoms. The molecule has 7 nitrogen and oxygen atoms in total. The number of aryl methyl sites for hydroxylation is 1. The summed E-state index contributed by atoms with van der Waals surface area (Å²) < 4.78 is 5.26. The van der Waals surface area contributed by atoms with Crippen molar-refractivity contribution in [1.82, 2.24) is 15.6 Å². The smallest absolute Gasteiger partial charge is 0.243 e. The molecular weight excluding hydrogens is 392 g/mol. The predicted molar refractivity (Wildman–Crippen MR) is 120 cm³/mol. The van der Waals surface area contributed by atoms with E-state index in [1.54, 1.807) is 19.4 Å². The Kier molecular flexibility index (Phi) is 7.73. The molecule has 2 aromatic carbocycles. The van der Waals surface area contributed by atoms with Gasteiger partial charge in [0.1, 0.15) is 5.75 Å². The lowest BCUT2D eigenvalue weighted by atomic mass is 10.0. The molecule has 0 bridgehead atoms. The lowest BCUT2D eigenvalue weighted by molar-refractivity contribution is -0.123. The van der Waals surface area contributed by atoms with Crippen LogP contribution in [0.4, 0.5) is 5.69 Å². The zero-order chi connectivity index (χ0) is 22.1. The van der Waals surface area contributed by atoms with Gasteiger partial charge in [0.05, 0.1) is 37.6 Å². The van der Waals surface area contributed by atoms with E-state index in [0.29, 0.717) is 11.4 Å². The van der Waals surface area contributed by atoms with Crippen molar-refractivity contribution < 1.29 is 14.3 Å². The molecule has 3 rings (SSSR count). The highest BCUT2D eigenvalue weighted by Crippen LogP contribution is 2.25. The van der Waals surface area contributed by atoms with Crippen LogP contribution in [0.3, 0.4) is 0 Å². The highest BCUT2D eigenvalue weighted by atomic mass is 16.5. The van der Waals surface area contributed by atoms with Crippen molar-refractivity contribution in [2.75, 3.05) is 25.5 Å². The maximum Gasteiger partial charge on any atom is 0.243 e. The number of pyridine rings is 1. The van der Waals surface area contributed by atoms with Gasteiger partial charge in [-0.05, 0) is 42.3 Å². The van der Waals surface area contributed by atoms with Gasteiger partial charge in [0.25, 0.3) is 0 Å². The maximum atomic E-state index is 12.3. The van der Waals surface area contributed by atoms with Gasteiger partial charge >= 0.3 is 0 Å². The molecule has 0 aliphatic rings. The van der Waals surface area contributed by atoms with Crippen LogP contribution < -0.4 is 20.7 Å². The first-order valence-electron chi connectivity index (χ1n) is 9.97. The fourth-order valence-electron chi connectivity index (χ4n) is 3.14. The van der Waals surface area contributed by atoms with Gasteiger partial charge in [-0.2, -0.15) is 0 Å². The zero-order valence-corrected chi connectivity index (χ0v) is 17.6. The van der Waals surface area contributed by atoms with E-state index in [-0.39, 0.29) is 30.9 Å². The second-order valence-electron chi connectivity index (χ2n) is 7.01. The Hall–Kier alpha value is -3.71. The minimum atomic E-state index is -0.332. The van der Waals surface area contributed by atoms with Crippen molar-refractivity contribution in [3.63, 3.8) is 0 Å². The fourth-order valence-corrected chi connectivity index (χ4v) is 3.14. The fraction of sp³-hybridized carbons (Fsp3) is 0.208. The second-order valence-corrected chi connectivity index (χ2v) is 7.01. The molecule has 0 radical (unpaired) electrons. The largest absolute Gasteiger partial charge is 0.495 e. The Morgan fingerprint density at radius 2 is 1.74 bits per heavy atom. The van der Waals surface area contributed by atoms with E-state index in [1.807, 2.05) is 67.6 Å². The topological polar surface area (TPSA) is 92.4 Å². The van der Waals surface area contributed by atoms with Gasteiger partial charge in [0.15, 0.2) is 0 Å². The average molecular weight is 418 g/mol. The molecule has 0 spiro atoms. The van der Waals surface area contributed by atoms with Crippen LogP contribution in [-0.2, 0) is 9.59 Å². The van der Waals surface area contributed by atoms with E-state index < -0.39 is 0 Å². The van der Waals surface area contributed by atoms with E-state index in [1.165, 1.54) is 0 Å². The summed E-state index contributed by atoms with van der Waals surface area (Å²) >= 11 is 0. The van der Waals surface area contributed by atoms with Crippen LogP contribution in [0.1, 0.15) is 22.9 Å². The van der Waals surface area contributed by atoms with Crippen LogP contribution in [0.2, 0.25) is 0 Å². The van der Waals surface area contributed by atoms with Crippen LogP contribution in [0.25, 0.3) is 0 Å². The van der Waals surface area contributed by atoms with E-state index in [9.17, 15) is 9.59 Å². The molecular formula is C24H26N4O3. The summed E-state index contributed by atoms with van der Waals surface area (Å²) in [6.45, 7) is 1.82. The number of amides is 2. The van der Waals surface area contributed by atoms with E-state index in [0.717, 1.165) is 16.8 Å². The number of carbonyl (C=O) groups is 2. The van der Waals surface area contributed by atoms with Gasteiger partial charge in [-0.3, -0.25) is 19.9 Å². The van der Waals surface area contributed by atoms with Crippen LogP contribution in [0.15, 0.2) is 72.9 Å². The van der Waals surface area contributed by atoms with Crippen molar-refractivity contribution in [2.24, 2.45) is 0 Å². The standard InChI is InChI=1S/C24H26N4O3/c1-17-11-12-21(31-2)20(14-17)28-23(30)16-26-22(29)15-27-24(18-8-4-3-5-9-18)19-10-6-7-13-25-19/h3-14,24,27H,15-16H2,1-2H3,(H,26,29)(H,28,30). The van der Waals surface area contributed by atoms with Crippen molar-refractivity contribution in [3.8, 4) is 5.75 Å². The summed E-state index contributed by atoms with van der Waals surface area (Å²) in [5.74, 6) is -0.0576. The summed E-state index contributed by atoms with van der Waals surface area (Å²) in [5, 5.41) is 8.63. The molecule has 3 N–H and O–H groups in total. The Bertz CT molecular complexity index is 970. The first-order valence-corrected chi connectivity index (χ1v) is 9.97. The summed E-state index contributed by atoms with van der Waals surface area (Å²) in [4.78, 5) is 29.0. The Morgan fingerprint density at radius 3 is 2.45 bits per heavy atom. The number of rotatable bonds is 9. The maximum absolute atomic E-state index is 12.3. The lowest BCUT2D eigenvalue weighted by Gasteiger charge is -2.18.